The predicted octanol–water partition coefficient (Wildman–Crippen LogP) is 7.50. The molecule has 10 heteroatoms. The summed E-state index contributed by atoms with van der Waals surface area (Å²) in [4.78, 5) is 43.0. The number of thioether (sulfide) groups is 1. The van der Waals surface area contributed by atoms with E-state index in [0.29, 0.717) is 18.5 Å². The maximum atomic E-state index is 13.9. The van der Waals surface area contributed by atoms with Crippen LogP contribution in [-0.2, 0) is 14.3 Å². The second kappa shape index (κ2) is 18.8. The van der Waals surface area contributed by atoms with Gasteiger partial charge in [0, 0.05) is 24.7 Å². The molecule has 50 heavy (non-hydrogen) atoms. The van der Waals surface area contributed by atoms with E-state index in [1.807, 2.05) is 127 Å². The van der Waals surface area contributed by atoms with Gasteiger partial charge in [-0.15, -0.1) is 11.8 Å². The summed E-state index contributed by atoms with van der Waals surface area (Å²) in [6.45, 7) is 0.696. The minimum atomic E-state index is -1.06. The standard InChI is InChI=1S/C40H40N4O5S/c45-37(46)26-35(31-21-19-30(20-22-31)29-12-4-1-5-13-29)43-39(47)36(44-40(48)49-25-11-24-42-34-18-10-23-41-27-34)28-50-38(32-14-6-2-7-15-32)33-16-8-3-9-17-33/h1-10,12-23,27,35-36,38,42H,11,24-26,28H2,(H,43,47)(H,44,48)(H,45,46). The van der Waals surface area contributed by atoms with Gasteiger partial charge in [-0.05, 0) is 46.4 Å². The molecule has 0 aliphatic carbocycles. The number of nitrogens with one attached hydrogen (secondary N) is 3. The third-order valence-electron chi connectivity index (χ3n) is 7.90. The molecular weight excluding hydrogens is 649 g/mol. The molecule has 9 nitrogen and oxygen atoms in total. The molecule has 0 fully saturated rings. The fraction of sp³-hybridized carbons (Fsp3) is 0.200. The van der Waals surface area contributed by atoms with E-state index < -0.39 is 30.1 Å². The quantitative estimate of drug-likeness (QED) is 0.0740. The molecule has 0 radical (unpaired) electrons. The number of rotatable bonds is 17. The number of hydrogen-bond acceptors (Lipinski definition) is 7. The van der Waals surface area contributed by atoms with Crippen LogP contribution < -0.4 is 16.0 Å². The fourth-order valence-corrected chi connectivity index (χ4v) is 6.69. The Labute approximate surface area is 296 Å². The lowest BCUT2D eigenvalue weighted by atomic mass is 9.99. The lowest BCUT2D eigenvalue weighted by Gasteiger charge is -2.25. The average Bonchev–Trinajstić information content (AvgIpc) is 3.15. The number of carbonyl (C=O) groups is 3. The van der Waals surface area contributed by atoms with Gasteiger partial charge in [0.1, 0.15) is 6.04 Å². The highest BCUT2D eigenvalue weighted by atomic mass is 32.2. The van der Waals surface area contributed by atoms with Crippen LogP contribution in [0.1, 0.15) is 40.8 Å². The van der Waals surface area contributed by atoms with Crippen LogP contribution >= 0.6 is 11.8 Å². The normalized spacial score (nSPS) is 12.0. The maximum absolute atomic E-state index is 13.9. The third-order valence-corrected chi connectivity index (χ3v) is 9.31. The largest absolute Gasteiger partial charge is 0.481 e. The van der Waals surface area contributed by atoms with E-state index in [1.54, 1.807) is 12.4 Å². The first-order valence-corrected chi connectivity index (χ1v) is 17.5. The van der Waals surface area contributed by atoms with Crippen molar-refractivity contribution in [2.24, 2.45) is 0 Å². The Morgan fingerprint density at radius 2 is 1.34 bits per heavy atom. The number of carboxylic acid groups (broad SMARTS) is 1. The zero-order valence-electron chi connectivity index (χ0n) is 27.5. The van der Waals surface area contributed by atoms with Gasteiger partial charge < -0.3 is 25.8 Å². The first-order chi connectivity index (χ1) is 24.5. The van der Waals surface area contributed by atoms with Crippen molar-refractivity contribution >= 4 is 35.4 Å². The van der Waals surface area contributed by atoms with E-state index >= 15 is 0 Å². The zero-order chi connectivity index (χ0) is 35.0. The second-order valence-electron chi connectivity index (χ2n) is 11.5. The molecule has 4 N–H and O–H groups in total. The number of benzene rings is 4. The lowest BCUT2D eigenvalue weighted by molar-refractivity contribution is -0.137. The van der Waals surface area contributed by atoms with E-state index in [4.69, 9.17) is 4.74 Å². The number of carbonyl (C=O) groups excluding carboxylic acids is 2. The van der Waals surface area contributed by atoms with Gasteiger partial charge in [0.05, 0.1) is 30.0 Å². The molecule has 2 unspecified atom stereocenters. The van der Waals surface area contributed by atoms with Crippen LogP contribution in [-0.4, -0.2) is 53.0 Å². The van der Waals surface area contributed by atoms with Gasteiger partial charge in [-0.2, -0.15) is 0 Å². The number of carboxylic acids is 1. The number of amides is 2. The molecule has 0 saturated carbocycles. The van der Waals surface area contributed by atoms with Crippen molar-refractivity contribution < 1.29 is 24.2 Å². The molecule has 4 aromatic carbocycles. The van der Waals surface area contributed by atoms with Crippen LogP contribution in [0.3, 0.4) is 0 Å². The first-order valence-electron chi connectivity index (χ1n) is 16.4. The molecule has 1 heterocycles. The van der Waals surface area contributed by atoms with Crippen LogP contribution in [0.5, 0.6) is 0 Å². The van der Waals surface area contributed by atoms with E-state index in [-0.39, 0.29) is 24.0 Å². The average molecular weight is 689 g/mol. The fourth-order valence-electron chi connectivity index (χ4n) is 5.37. The summed E-state index contributed by atoms with van der Waals surface area (Å²) >= 11 is 1.51. The minimum absolute atomic E-state index is 0.121. The van der Waals surface area contributed by atoms with Gasteiger partial charge in [-0.3, -0.25) is 14.6 Å². The molecule has 2 atom stereocenters. The Kier molecular flexibility index (Phi) is 13.4. The number of hydrogen-bond donors (Lipinski definition) is 4. The number of aromatic nitrogens is 1. The van der Waals surface area contributed by atoms with Crippen LogP contribution in [0, 0.1) is 0 Å². The number of aliphatic carboxylic acids is 1. The summed E-state index contributed by atoms with van der Waals surface area (Å²) in [6.07, 6.45) is 2.88. The van der Waals surface area contributed by atoms with Gasteiger partial charge >= 0.3 is 12.1 Å². The summed E-state index contributed by atoms with van der Waals surface area (Å²) < 4.78 is 5.46. The topological polar surface area (TPSA) is 130 Å². The van der Waals surface area contributed by atoms with Crippen molar-refractivity contribution in [2.45, 2.75) is 30.2 Å². The molecule has 0 aliphatic heterocycles. The Morgan fingerprint density at radius 1 is 0.720 bits per heavy atom. The molecule has 1 aromatic heterocycles. The summed E-state index contributed by atoms with van der Waals surface area (Å²) in [5.41, 5.74) is 5.60. The van der Waals surface area contributed by atoms with Gasteiger partial charge in [0.15, 0.2) is 0 Å². The van der Waals surface area contributed by atoms with Crippen molar-refractivity contribution in [1.82, 2.24) is 15.6 Å². The summed E-state index contributed by atoms with van der Waals surface area (Å²) in [6, 6.07) is 39.1. The molecule has 0 saturated heterocycles. The molecule has 0 aliphatic rings. The molecule has 0 spiro atoms. The number of nitrogens with zero attached hydrogens (tertiary/aromatic N) is 1. The summed E-state index contributed by atoms with van der Waals surface area (Å²) in [7, 11) is 0. The van der Waals surface area contributed by atoms with Gasteiger partial charge in [0.25, 0.3) is 0 Å². The van der Waals surface area contributed by atoms with Crippen molar-refractivity contribution in [1.29, 1.82) is 0 Å². The molecule has 5 aromatic rings. The highest BCUT2D eigenvalue weighted by Crippen LogP contribution is 2.36. The summed E-state index contributed by atoms with van der Waals surface area (Å²) in [5, 5.41) is 18.5. The number of ether oxygens (including phenoxy) is 1. The SMILES string of the molecule is O=C(O)CC(NC(=O)C(CSC(c1ccccc1)c1ccccc1)NC(=O)OCCCNc1cccnc1)c1ccc(-c2ccccc2)cc1. The van der Waals surface area contributed by atoms with Crippen molar-refractivity contribution in [3.8, 4) is 11.1 Å². The minimum Gasteiger partial charge on any atom is -0.481 e. The summed E-state index contributed by atoms with van der Waals surface area (Å²) in [5.74, 6) is -1.37. The van der Waals surface area contributed by atoms with Crippen LogP contribution in [0.25, 0.3) is 11.1 Å². The van der Waals surface area contributed by atoms with Crippen molar-refractivity contribution in [3.05, 3.63) is 156 Å². The Balaban J connectivity index is 1.30. The second-order valence-corrected chi connectivity index (χ2v) is 12.7. The van der Waals surface area contributed by atoms with E-state index in [0.717, 1.165) is 27.9 Å². The Hall–Kier alpha value is -5.61. The van der Waals surface area contributed by atoms with E-state index in [1.165, 1.54) is 11.8 Å². The molecule has 5 rings (SSSR count). The van der Waals surface area contributed by atoms with Gasteiger partial charge in [0.2, 0.25) is 5.91 Å². The number of alkyl carbamates (subject to hydrolysis) is 1. The van der Waals surface area contributed by atoms with E-state index in [9.17, 15) is 19.5 Å². The molecule has 256 valence electrons. The molecule has 0 bridgehead atoms. The first kappa shape index (κ1) is 35.7. The lowest BCUT2D eigenvalue weighted by Crippen LogP contribution is -2.49. The number of anilines is 1. The van der Waals surface area contributed by atoms with Crippen LogP contribution in [0.15, 0.2) is 140 Å². The third kappa shape index (κ3) is 11.0. The van der Waals surface area contributed by atoms with Crippen molar-refractivity contribution in [2.75, 3.05) is 24.2 Å². The Morgan fingerprint density at radius 3 is 1.94 bits per heavy atom. The molecular formula is C40H40N4O5S. The Bertz CT molecular complexity index is 1740. The predicted molar refractivity (Wildman–Crippen MR) is 198 cm³/mol. The highest BCUT2D eigenvalue weighted by molar-refractivity contribution is 7.99. The molecule has 2 amide bonds. The number of pyridine rings is 1. The maximum Gasteiger partial charge on any atom is 0.407 e. The smallest absolute Gasteiger partial charge is 0.407 e. The van der Waals surface area contributed by atoms with Gasteiger partial charge in [-0.1, -0.05) is 115 Å². The highest BCUT2D eigenvalue weighted by Gasteiger charge is 2.28. The van der Waals surface area contributed by atoms with Crippen molar-refractivity contribution in [3.63, 3.8) is 0 Å². The van der Waals surface area contributed by atoms with E-state index in [2.05, 4.69) is 20.9 Å². The van der Waals surface area contributed by atoms with Crippen LogP contribution in [0.4, 0.5) is 10.5 Å². The monoisotopic (exact) mass is 688 g/mol. The van der Waals surface area contributed by atoms with Crippen LogP contribution in [0.2, 0.25) is 0 Å². The van der Waals surface area contributed by atoms with Gasteiger partial charge in [-0.25, -0.2) is 4.79 Å². The zero-order valence-corrected chi connectivity index (χ0v) is 28.3.